The summed E-state index contributed by atoms with van der Waals surface area (Å²) in [6.45, 7) is 2.61. The Morgan fingerprint density at radius 1 is 1.26 bits per heavy atom. The van der Waals surface area contributed by atoms with Crippen molar-refractivity contribution in [2.24, 2.45) is 0 Å². The summed E-state index contributed by atoms with van der Waals surface area (Å²) in [5.41, 5.74) is 1.32. The van der Waals surface area contributed by atoms with Crippen LogP contribution in [0.2, 0.25) is 0 Å². The quantitative estimate of drug-likeness (QED) is 0.777. The van der Waals surface area contributed by atoms with E-state index >= 15 is 0 Å². The zero-order valence-electron chi connectivity index (χ0n) is 15.1. The van der Waals surface area contributed by atoms with Gasteiger partial charge in [-0.3, -0.25) is 9.78 Å². The fourth-order valence-corrected chi connectivity index (χ4v) is 4.53. The fourth-order valence-electron chi connectivity index (χ4n) is 2.86. The predicted molar refractivity (Wildman–Crippen MR) is 101 cm³/mol. The van der Waals surface area contributed by atoms with Gasteiger partial charge in [0.25, 0.3) is 5.91 Å². The molecule has 0 spiro atoms. The molecular weight excluding hydrogens is 368 g/mol. The van der Waals surface area contributed by atoms with Gasteiger partial charge in [-0.05, 0) is 37.6 Å². The summed E-state index contributed by atoms with van der Waals surface area (Å²) >= 11 is 0. The highest BCUT2D eigenvalue weighted by Gasteiger charge is 2.29. The van der Waals surface area contributed by atoms with Crippen LogP contribution in [0.4, 0.5) is 0 Å². The summed E-state index contributed by atoms with van der Waals surface area (Å²) in [7, 11) is -3.05. The summed E-state index contributed by atoms with van der Waals surface area (Å²) in [4.78, 5) is 16.5. The lowest BCUT2D eigenvalue weighted by atomic mass is 10.1. The number of carbonyl (C=O) groups is 1. The molecule has 1 aliphatic rings. The van der Waals surface area contributed by atoms with E-state index in [2.05, 4.69) is 10.3 Å². The zero-order chi connectivity index (χ0) is 19.3. The molecule has 3 rings (SSSR count). The second-order valence-electron chi connectivity index (χ2n) is 6.32. The van der Waals surface area contributed by atoms with Crippen LogP contribution in [0.25, 0.3) is 0 Å². The summed E-state index contributed by atoms with van der Waals surface area (Å²) in [6.07, 6.45) is 3.86. The number of hydrogen-bond donors (Lipinski definition) is 1. The van der Waals surface area contributed by atoms with E-state index in [4.69, 9.17) is 9.47 Å². The average molecular weight is 390 g/mol. The van der Waals surface area contributed by atoms with E-state index in [1.165, 1.54) is 0 Å². The second-order valence-corrected chi connectivity index (χ2v) is 8.55. The molecule has 1 aliphatic heterocycles. The molecule has 1 fully saturated rings. The Bertz CT molecular complexity index is 900. The van der Waals surface area contributed by atoms with Crippen LogP contribution in [0, 0.1) is 0 Å². The third-order valence-corrected chi connectivity index (χ3v) is 5.96. The highest BCUT2D eigenvalue weighted by atomic mass is 32.2. The molecule has 2 heterocycles. The maximum absolute atomic E-state index is 12.4. The molecular formula is C19H22N2O5S. The van der Waals surface area contributed by atoms with Crippen LogP contribution in [-0.2, 0) is 16.4 Å². The van der Waals surface area contributed by atoms with Crippen molar-refractivity contribution in [1.82, 2.24) is 10.3 Å². The van der Waals surface area contributed by atoms with Crippen LogP contribution in [0.5, 0.6) is 11.5 Å². The van der Waals surface area contributed by atoms with E-state index in [-0.39, 0.29) is 23.5 Å². The van der Waals surface area contributed by atoms with Crippen molar-refractivity contribution in [3.8, 4) is 11.5 Å². The molecule has 0 saturated carbocycles. The van der Waals surface area contributed by atoms with Crippen LogP contribution >= 0.6 is 0 Å². The topological polar surface area (TPSA) is 94.6 Å². The Morgan fingerprint density at radius 3 is 2.78 bits per heavy atom. The van der Waals surface area contributed by atoms with Crippen LogP contribution in [0.1, 0.15) is 29.3 Å². The third kappa shape index (κ3) is 5.19. The first-order valence-electron chi connectivity index (χ1n) is 8.76. The Morgan fingerprint density at radius 2 is 2.11 bits per heavy atom. The van der Waals surface area contributed by atoms with Gasteiger partial charge in [0.05, 0.1) is 18.1 Å². The highest BCUT2D eigenvalue weighted by molar-refractivity contribution is 7.91. The fraction of sp³-hybridized carbons (Fsp3) is 0.368. The number of nitrogens with zero attached hydrogens (tertiary/aromatic N) is 1. The third-order valence-electron chi connectivity index (χ3n) is 4.19. The largest absolute Gasteiger partial charge is 0.490 e. The molecule has 0 radical (unpaired) electrons. The van der Waals surface area contributed by atoms with Gasteiger partial charge in [-0.15, -0.1) is 0 Å². The van der Waals surface area contributed by atoms with E-state index in [9.17, 15) is 13.2 Å². The Labute approximate surface area is 158 Å². The molecule has 144 valence electrons. The monoisotopic (exact) mass is 390 g/mol. The second kappa shape index (κ2) is 8.39. The lowest BCUT2D eigenvalue weighted by Gasteiger charge is -2.15. The molecule has 1 atom stereocenters. The van der Waals surface area contributed by atoms with Crippen molar-refractivity contribution in [1.29, 1.82) is 0 Å². The molecule has 1 aromatic carbocycles. The molecule has 1 saturated heterocycles. The molecule has 1 amide bonds. The van der Waals surface area contributed by atoms with Crippen LogP contribution in [0.3, 0.4) is 0 Å². The highest BCUT2D eigenvalue weighted by Crippen LogP contribution is 2.29. The van der Waals surface area contributed by atoms with E-state index < -0.39 is 9.84 Å². The van der Waals surface area contributed by atoms with Crippen molar-refractivity contribution in [2.45, 2.75) is 26.0 Å². The smallest absolute Gasteiger partial charge is 0.251 e. The van der Waals surface area contributed by atoms with E-state index in [0.29, 0.717) is 36.7 Å². The standard InChI is InChI=1S/C19H22N2O5S/c1-2-25-18-10-15(19(22)21-16-7-9-27(23,24)13-16)5-6-17(18)26-12-14-4-3-8-20-11-14/h3-6,8,10-11,16H,2,7,9,12-13H2,1H3,(H,21,22). The molecule has 1 aromatic heterocycles. The number of aromatic nitrogens is 1. The average Bonchev–Trinajstić information content (AvgIpc) is 3.00. The lowest BCUT2D eigenvalue weighted by Crippen LogP contribution is -2.35. The molecule has 7 nitrogen and oxygen atoms in total. The molecule has 8 heteroatoms. The molecule has 1 N–H and O–H groups in total. The van der Waals surface area contributed by atoms with Crippen LogP contribution in [-0.4, -0.2) is 43.5 Å². The van der Waals surface area contributed by atoms with Gasteiger partial charge >= 0.3 is 0 Å². The predicted octanol–water partition coefficient (Wildman–Crippen LogP) is 1.98. The van der Waals surface area contributed by atoms with Gasteiger partial charge < -0.3 is 14.8 Å². The summed E-state index contributed by atoms with van der Waals surface area (Å²) < 4.78 is 34.5. The first-order valence-corrected chi connectivity index (χ1v) is 10.6. The van der Waals surface area contributed by atoms with Gasteiger partial charge in [0.15, 0.2) is 21.3 Å². The van der Waals surface area contributed by atoms with E-state index in [1.54, 1.807) is 30.6 Å². The number of pyridine rings is 1. The Kier molecular flexibility index (Phi) is 5.95. The molecule has 27 heavy (non-hydrogen) atoms. The Hall–Kier alpha value is -2.61. The number of rotatable bonds is 7. The van der Waals surface area contributed by atoms with Crippen molar-refractivity contribution >= 4 is 15.7 Å². The van der Waals surface area contributed by atoms with Crippen molar-refractivity contribution in [3.05, 3.63) is 53.9 Å². The molecule has 0 aliphatic carbocycles. The molecule has 0 bridgehead atoms. The normalized spacial score (nSPS) is 18.0. The maximum Gasteiger partial charge on any atom is 0.251 e. The van der Waals surface area contributed by atoms with Crippen molar-refractivity contribution in [3.63, 3.8) is 0 Å². The Balaban J connectivity index is 1.69. The number of hydrogen-bond acceptors (Lipinski definition) is 6. The summed E-state index contributed by atoms with van der Waals surface area (Å²) in [5, 5.41) is 2.77. The SMILES string of the molecule is CCOc1cc(C(=O)NC2CCS(=O)(=O)C2)ccc1OCc1cccnc1. The number of amides is 1. The maximum atomic E-state index is 12.4. The van der Waals surface area contributed by atoms with Gasteiger partial charge in [-0.25, -0.2) is 8.42 Å². The minimum absolute atomic E-state index is 0.0106. The van der Waals surface area contributed by atoms with Gasteiger partial charge in [0.2, 0.25) is 0 Å². The summed E-state index contributed by atoms with van der Waals surface area (Å²) in [6, 6.07) is 8.33. The van der Waals surface area contributed by atoms with Crippen LogP contribution in [0.15, 0.2) is 42.7 Å². The molecule has 1 unspecified atom stereocenters. The van der Waals surface area contributed by atoms with Crippen LogP contribution < -0.4 is 14.8 Å². The number of nitrogens with one attached hydrogen (secondary N) is 1. The van der Waals surface area contributed by atoms with Gasteiger partial charge in [-0.1, -0.05) is 6.07 Å². The van der Waals surface area contributed by atoms with E-state index in [0.717, 1.165) is 5.56 Å². The first kappa shape index (κ1) is 19.2. The lowest BCUT2D eigenvalue weighted by molar-refractivity contribution is 0.0940. The number of carbonyl (C=O) groups excluding carboxylic acids is 1. The number of benzene rings is 1. The number of ether oxygens (including phenoxy) is 2. The molecule has 2 aromatic rings. The van der Waals surface area contributed by atoms with Gasteiger partial charge in [-0.2, -0.15) is 0 Å². The zero-order valence-corrected chi connectivity index (χ0v) is 15.9. The first-order chi connectivity index (χ1) is 13.0. The van der Waals surface area contributed by atoms with E-state index in [1.807, 2.05) is 19.1 Å². The van der Waals surface area contributed by atoms with Crippen molar-refractivity contribution < 1.29 is 22.7 Å². The minimum atomic E-state index is -3.05. The van der Waals surface area contributed by atoms with Gasteiger partial charge in [0, 0.05) is 29.6 Å². The van der Waals surface area contributed by atoms with Crippen molar-refractivity contribution in [2.75, 3.05) is 18.1 Å². The number of sulfone groups is 1. The summed E-state index contributed by atoms with van der Waals surface area (Å²) in [5.74, 6) is 0.776. The van der Waals surface area contributed by atoms with Gasteiger partial charge in [0.1, 0.15) is 6.61 Å². The minimum Gasteiger partial charge on any atom is -0.490 e.